The lowest BCUT2D eigenvalue weighted by Crippen LogP contribution is -2.45. The number of H-pyrrole nitrogens is 1. The number of aromatic nitrogens is 1. The van der Waals surface area contributed by atoms with Crippen molar-refractivity contribution in [2.75, 3.05) is 16.5 Å². The molecule has 144 valence electrons. The van der Waals surface area contributed by atoms with Crippen LogP contribution in [-0.4, -0.2) is 17.6 Å². The zero-order valence-electron chi connectivity index (χ0n) is 15.9. The van der Waals surface area contributed by atoms with Crippen molar-refractivity contribution in [2.24, 2.45) is 0 Å². The number of fused-ring (bicyclic) bond motifs is 1. The van der Waals surface area contributed by atoms with E-state index in [4.69, 9.17) is 0 Å². The van der Waals surface area contributed by atoms with E-state index in [0.29, 0.717) is 33.8 Å². The SMILES string of the molecule is Cc1cc(F)ccc1N1CN(c2ccc(=O)[nH]c2C)C(=O)c2cc(C#N)ccc21. The number of aryl methyl sites for hydroxylation is 2. The smallest absolute Gasteiger partial charge is 0.261 e. The van der Waals surface area contributed by atoms with E-state index in [0.717, 1.165) is 5.69 Å². The lowest BCUT2D eigenvalue weighted by atomic mass is 10.0. The van der Waals surface area contributed by atoms with Gasteiger partial charge in [-0.2, -0.15) is 5.26 Å². The molecule has 0 radical (unpaired) electrons. The van der Waals surface area contributed by atoms with Gasteiger partial charge in [-0.05, 0) is 61.9 Å². The Morgan fingerprint density at radius 1 is 0.966 bits per heavy atom. The van der Waals surface area contributed by atoms with Crippen LogP contribution in [0.15, 0.2) is 53.3 Å². The van der Waals surface area contributed by atoms with E-state index < -0.39 is 0 Å². The number of carbonyl (C=O) groups excluding carboxylic acids is 1. The Morgan fingerprint density at radius 2 is 1.69 bits per heavy atom. The first kappa shape index (κ1) is 18.4. The fourth-order valence-electron chi connectivity index (χ4n) is 3.62. The van der Waals surface area contributed by atoms with Crippen LogP contribution in [0.3, 0.4) is 0 Å². The number of pyridine rings is 1. The molecule has 6 nitrogen and oxygen atoms in total. The van der Waals surface area contributed by atoms with Crippen molar-refractivity contribution in [1.82, 2.24) is 4.98 Å². The third-order valence-electron chi connectivity index (χ3n) is 5.00. The fraction of sp³-hybridized carbons (Fsp3) is 0.136. The predicted octanol–water partition coefficient (Wildman–Crippen LogP) is 3.76. The predicted molar refractivity (Wildman–Crippen MR) is 108 cm³/mol. The summed E-state index contributed by atoms with van der Waals surface area (Å²) in [5.41, 5.74) is 3.70. The molecule has 1 N–H and O–H groups in total. The summed E-state index contributed by atoms with van der Waals surface area (Å²) in [5.74, 6) is -0.615. The maximum atomic E-state index is 13.7. The summed E-state index contributed by atoms with van der Waals surface area (Å²) in [5, 5.41) is 9.27. The number of carbonyl (C=O) groups is 1. The summed E-state index contributed by atoms with van der Waals surface area (Å²) < 4.78 is 13.7. The maximum absolute atomic E-state index is 13.7. The number of benzene rings is 2. The van der Waals surface area contributed by atoms with Gasteiger partial charge in [0.15, 0.2) is 0 Å². The third kappa shape index (κ3) is 3.15. The molecule has 0 fully saturated rings. The lowest BCUT2D eigenvalue weighted by Gasteiger charge is -2.39. The van der Waals surface area contributed by atoms with E-state index in [9.17, 15) is 19.2 Å². The molecule has 29 heavy (non-hydrogen) atoms. The zero-order chi connectivity index (χ0) is 20.7. The van der Waals surface area contributed by atoms with Crippen LogP contribution in [0.5, 0.6) is 0 Å². The van der Waals surface area contributed by atoms with Crippen LogP contribution in [0.2, 0.25) is 0 Å². The number of nitrogens with zero attached hydrogens (tertiary/aromatic N) is 3. The number of halogens is 1. The minimum Gasteiger partial charge on any atom is -0.324 e. The number of nitrogens with one attached hydrogen (secondary N) is 1. The average molecular weight is 388 g/mol. The number of nitriles is 1. The molecular weight excluding hydrogens is 371 g/mol. The van der Waals surface area contributed by atoms with Crippen LogP contribution in [-0.2, 0) is 0 Å². The van der Waals surface area contributed by atoms with Crippen molar-refractivity contribution in [2.45, 2.75) is 13.8 Å². The lowest BCUT2D eigenvalue weighted by molar-refractivity contribution is 0.0983. The van der Waals surface area contributed by atoms with E-state index in [-0.39, 0.29) is 24.0 Å². The first-order valence-corrected chi connectivity index (χ1v) is 8.98. The molecule has 0 atom stereocenters. The van der Waals surface area contributed by atoms with Crippen LogP contribution in [0.1, 0.15) is 27.2 Å². The van der Waals surface area contributed by atoms with Gasteiger partial charge in [0.2, 0.25) is 5.56 Å². The Hall–Kier alpha value is -3.92. The average Bonchev–Trinajstić information content (AvgIpc) is 2.69. The standard InChI is InChI=1S/C22H17FN4O2/c1-13-9-16(23)4-6-18(13)26-12-27(19-7-8-21(28)25-14(19)2)22(29)17-10-15(11-24)3-5-20(17)26/h3-10H,12H2,1-2H3,(H,25,28). The number of aromatic amines is 1. The van der Waals surface area contributed by atoms with Crippen molar-refractivity contribution >= 4 is 23.0 Å². The van der Waals surface area contributed by atoms with E-state index in [1.54, 1.807) is 44.2 Å². The highest BCUT2D eigenvalue weighted by molar-refractivity contribution is 6.13. The van der Waals surface area contributed by atoms with Gasteiger partial charge in [-0.15, -0.1) is 0 Å². The van der Waals surface area contributed by atoms with E-state index in [2.05, 4.69) is 11.1 Å². The first-order chi connectivity index (χ1) is 13.9. The van der Waals surface area contributed by atoms with Crippen molar-refractivity contribution < 1.29 is 9.18 Å². The van der Waals surface area contributed by atoms with Gasteiger partial charge < -0.3 is 9.88 Å². The number of anilines is 3. The maximum Gasteiger partial charge on any atom is 0.261 e. The normalized spacial score (nSPS) is 13.2. The van der Waals surface area contributed by atoms with Gasteiger partial charge in [0.25, 0.3) is 5.91 Å². The van der Waals surface area contributed by atoms with E-state index >= 15 is 0 Å². The summed E-state index contributed by atoms with van der Waals surface area (Å²) in [6, 6.07) is 14.4. The van der Waals surface area contributed by atoms with Crippen LogP contribution < -0.4 is 15.4 Å². The van der Waals surface area contributed by atoms with Crippen LogP contribution in [0.4, 0.5) is 21.5 Å². The fourth-order valence-corrected chi connectivity index (χ4v) is 3.62. The molecule has 1 aromatic heterocycles. The highest BCUT2D eigenvalue weighted by atomic mass is 19.1. The monoisotopic (exact) mass is 388 g/mol. The second kappa shape index (κ2) is 6.91. The molecular formula is C22H17FN4O2. The Balaban J connectivity index is 1.92. The second-order valence-electron chi connectivity index (χ2n) is 6.91. The second-order valence-corrected chi connectivity index (χ2v) is 6.91. The van der Waals surface area contributed by atoms with Gasteiger partial charge in [0, 0.05) is 17.4 Å². The number of hydrogen-bond donors (Lipinski definition) is 1. The van der Waals surface area contributed by atoms with E-state index in [1.165, 1.54) is 23.1 Å². The van der Waals surface area contributed by atoms with Gasteiger partial charge in [0.05, 0.1) is 28.6 Å². The molecule has 0 aliphatic carbocycles. The van der Waals surface area contributed by atoms with E-state index in [1.807, 2.05) is 4.90 Å². The Labute approximate surface area is 166 Å². The molecule has 0 saturated heterocycles. The summed E-state index contributed by atoms with van der Waals surface area (Å²) in [6.07, 6.45) is 0. The van der Waals surface area contributed by atoms with Gasteiger partial charge in [0.1, 0.15) is 12.5 Å². The van der Waals surface area contributed by atoms with Crippen molar-refractivity contribution in [1.29, 1.82) is 5.26 Å². The van der Waals surface area contributed by atoms with Crippen molar-refractivity contribution in [3.63, 3.8) is 0 Å². The van der Waals surface area contributed by atoms with Crippen LogP contribution in [0, 0.1) is 31.0 Å². The minimum atomic E-state index is -0.340. The molecule has 0 bridgehead atoms. The highest BCUT2D eigenvalue weighted by Gasteiger charge is 2.32. The van der Waals surface area contributed by atoms with Gasteiger partial charge >= 0.3 is 0 Å². The molecule has 0 unspecified atom stereocenters. The molecule has 0 spiro atoms. The summed E-state index contributed by atoms with van der Waals surface area (Å²) in [7, 11) is 0. The Kier molecular flexibility index (Phi) is 4.40. The van der Waals surface area contributed by atoms with Crippen LogP contribution >= 0.6 is 0 Å². The molecule has 7 heteroatoms. The van der Waals surface area contributed by atoms with Gasteiger partial charge in [-0.25, -0.2) is 4.39 Å². The highest BCUT2D eigenvalue weighted by Crippen LogP contribution is 2.37. The van der Waals surface area contributed by atoms with Gasteiger partial charge in [-0.1, -0.05) is 0 Å². The molecule has 2 heterocycles. The molecule has 1 amide bonds. The number of amides is 1. The number of hydrogen-bond acceptors (Lipinski definition) is 4. The molecule has 4 rings (SSSR count). The molecule has 2 aromatic carbocycles. The van der Waals surface area contributed by atoms with Crippen LogP contribution in [0.25, 0.3) is 0 Å². The largest absolute Gasteiger partial charge is 0.324 e. The van der Waals surface area contributed by atoms with Gasteiger partial charge in [-0.3, -0.25) is 14.5 Å². The summed E-state index contributed by atoms with van der Waals surface area (Å²) in [4.78, 5) is 31.0. The van der Waals surface area contributed by atoms with Crippen molar-refractivity contribution in [3.05, 3.63) is 87.1 Å². The molecule has 3 aromatic rings. The van der Waals surface area contributed by atoms with Crippen molar-refractivity contribution in [3.8, 4) is 6.07 Å². The molecule has 1 aliphatic rings. The quantitative estimate of drug-likeness (QED) is 0.725. The topological polar surface area (TPSA) is 80.2 Å². The Bertz CT molecular complexity index is 1240. The number of rotatable bonds is 2. The third-order valence-corrected chi connectivity index (χ3v) is 5.00. The molecule has 0 saturated carbocycles. The Morgan fingerprint density at radius 3 is 2.38 bits per heavy atom. The minimum absolute atomic E-state index is 0.178. The summed E-state index contributed by atoms with van der Waals surface area (Å²) in [6.45, 7) is 3.70. The summed E-state index contributed by atoms with van der Waals surface area (Å²) >= 11 is 0. The zero-order valence-corrected chi connectivity index (χ0v) is 15.9. The first-order valence-electron chi connectivity index (χ1n) is 8.98. The molecule has 1 aliphatic heterocycles.